The maximum absolute atomic E-state index is 2.28. The molecular formula is C16H34Cl2Hf. The summed E-state index contributed by atoms with van der Waals surface area (Å²) in [6.45, 7) is 22.4. The van der Waals surface area contributed by atoms with Gasteiger partial charge in [-0.15, -0.1) is 0 Å². The van der Waals surface area contributed by atoms with Crippen molar-refractivity contribution in [3.8, 4) is 0 Å². The largest absolute Gasteiger partial charge is 4.00 e. The minimum absolute atomic E-state index is 0. The average molecular weight is 476 g/mol. The molecule has 116 valence electrons. The first kappa shape index (κ1) is 32.4. The Hall–Kier alpha value is 1.45. The second-order valence-corrected chi connectivity index (χ2v) is 6.47. The van der Waals surface area contributed by atoms with E-state index < -0.39 is 0 Å². The Bertz CT molecular complexity index is 156. The Balaban J connectivity index is -0.0000000594. The normalized spacial score (nSPS) is 10.7. The van der Waals surface area contributed by atoms with Gasteiger partial charge in [0.05, 0.1) is 0 Å². The minimum Gasteiger partial charge on any atom is -1.00 e. The number of hydrogen-bond donors (Lipinski definition) is 0. The molecule has 3 heteroatoms. The predicted octanol–water partition coefficient (Wildman–Crippen LogP) is 0.0793. The monoisotopic (exact) mass is 476 g/mol. The van der Waals surface area contributed by atoms with Crippen LogP contribution < -0.4 is 24.8 Å². The third kappa shape index (κ3) is 15.7. The zero-order chi connectivity index (χ0) is 13.6. The molecule has 0 aliphatic carbocycles. The van der Waals surface area contributed by atoms with Crippen LogP contribution in [0.25, 0.3) is 0 Å². The average Bonchev–Trinajstić information content (AvgIpc) is 2.18. The van der Waals surface area contributed by atoms with Crippen LogP contribution in [0.5, 0.6) is 0 Å². The van der Waals surface area contributed by atoms with Crippen LogP contribution in [0.1, 0.15) is 82.1 Å². The standard InChI is InChI=1S/2C8H17.2ClH.Hf/c2*1-6-8(4,5)7(2)3;;;/h2*6H2,1-5H3;2*1H;/q2*-1;;;+4/p-2. The molecule has 0 bridgehead atoms. The van der Waals surface area contributed by atoms with Crippen LogP contribution in [0.4, 0.5) is 0 Å². The summed E-state index contributed by atoms with van der Waals surface area (Å²) in [6, 6.07) is 0. The molecule has 0 aromatic rings. The summed E-state index contributed by atoms with van der Waals surface area (Å²) in [6.07, 6.45) is 2.49. The van der Waals surface area contributed by atoms with E-state index in [0.29, 0.717) is 10.8 Å². The van der Waals surface area contributed by atoms with Crippen LogP contribution >= 0.6 is 0 Å². The molecule has 0 aliphatic heterocycles. The Morgan fingerprint density at radius 3 is 0.789 bits per heavy atom. The van der Waals surface area contributed by atoms with Gasteiger partial charge >= 0.3 is 25.8 Å². The van der Waals surface area contributed by atoms with E-state index in [1.54, 1.807) is 0 Å². The van der Waals surface area contributed by atoms with Gasteiger partial charge in [-0.3, -0.25) is 0 Å². The van der Waals surface area contributed by atoms with E-state index in [9.17, 15) is 0 Å². The van der Waals surface area contributed by atoms with Crippen molar-refractivity contribution in [1.29, 1.82) is 0 Å². The van der Waals surface area contributed by atoms with Crippen molar-refractivity contribution in [3.63, 3.8) is 0 Å². The van der Waals surface area contributed by atoms with Gasteiger partial charge in [-0.2, -0.15) is 38.5 Å². The minimum atomic E-state index is 0. The summed E-state index contributed by atoms with van der Waals surface area (Å²) in [7, 11) is 0. The van der Waals surface area contributed by atoms with Crippen LogP contribution in [0.2, 0.25) is 0 Å². The molecule has 0 aliphatic rings. The van der Waals surface area contributed by atoms with E-state index in [1.807, 2.05) is 0 Å². The molecule has 0 saturated heterocycles. The zero-order valence-electron chi connectivity index (χ0n) is 14.7. The summed E-state index contributed by atoms with van der Waals surface area (Å²) in [5, 5.41) is 0. The van der Waals surface area contributed by atoms with Crippen LogP contribution in [0.15, 0.2) is 0 Å². The van der Waals surface area contributed by atoms with Crippen molar-refractivity contribution in [2.75, 3.05) is 0 Å². The Kier molecular flexibility index (Phi) is 24.5. The fourth-order valence-corrected chi connectivity index (χ4v) is 0.707. The Morgan fingerprint density at radius 1 is 0.632 bits per heavy atom. The van der Waals surface area contributed by atoms with Gasteiger partial charge in [0.15, 0.2) is 0 Å². The molecule has 0 N–H and O–H groups in total. The van der Waals surface area contributed by atoms with Gasteiger partial charge in [0.2, 0.25) is 0 Å². The summed E-state index contributed by atoms with van der Waals surface area (Å²) in [5.74, 6) is 3.06. The van der Waals surface area contributed by atoms with Crippen LogP contribution in [0.3, 0.4) is 0 Å². The van der Waals surface area contributed by atoms with E-state index in [-0.39, 0.29) is 50.7 Å². The van der Waals surface area contributed by atoms with Crippen molar-refractivity contribution in [1.82, 2.24) is 0 Å². The molecule has 0 amide bonds. The van der Waals surface area contributed by atoms with Crippen LogP contribution in [-0.4, -0.2) is 0 Å². The van der Waals surface area contributed by atoms with E-state index >= 15 is 0 Å². The summed E-state index contributed by atoms with van der Waals surface area (Å²) in [4.78, 5) is 0. The van der Waals surface area contributed by atoms with Crippen molar-refractivity contribution >= 4 is 0 Å². The van der Waals surface area contributed by atoms with Gasteiger partial charge < -0.3 is 36.6 Å². The molecule has 0 rings (SSSR count). The fraction of sp³-hybridized carbons (Fsp3) is 0.875. The third-order valence-corrected chi connectivity index (χ3v) is 4.47. The van der Waals surface area contributed by atoms with Gasteiger partial charge in [-0.1, -0.05) is 54.4 Å². The molecule has 0 heterocycles. The molecule has 0 aromatic carbocycles. The predicted molar refractivity (Wildman–Crippen MR) is 77.3 cm³/mol. The maximum atomic E-state index is 2.28. The van der Waals surface area contributed by atoms with Gasteiger partial charge in [-0.05, 0) is 0 Å². The van der Waals surface area contributed by atoms with Gasteiger partial charge in [0, 0.05) is 0 Å². The molecule has 0 radical (unpaired) electrons. The van der Waals surface area contributed by atoms with Gasteiger partial charge in [0.1, 0.15) is 0 Å². The van der Waals surface area contributed by atoms with Gasteiger partial charge in [-0.25, -0.2) is 0 Å². The second-order valence-electron chi connectivity index (χ2n) is 6.47. The SMILES string of the molecule is CCC(C)(C)[C-](C)C.CCC(C)(C)[C-](C)C.[Cl-].[Cl-].[Hf+4]. The number of hydrogen-bond acceptors (Lipinski definition) is 0. The molecule has 0 saturated carbocycles. The smallest absolute Gasteiger partial charge is 1.00 e. The van der Waals surface area contributed by atoms with Crippen molar-refractivity contribution in [2.24, 2.45) is 10.8 Å². The first-order valence-electron chi connectivity index (χ1n) is 6.62. The summed E-state index contributed by atoms with van der Waals surface area (Å²) < 4.78 is 0. The Morgan fingerprint density at radius 2 is 0.789 bits per heavy atom. The van der Waals surface area contributed by atoms with Crippen molar-refractivity contribution in [2.45, 2.75) is 82.1 Å². The van der Waals surface area contributed by atoms with Crippen LogP contribution in [-0.2, 0) is 25.8 Å². The number of rotatable bonds is 4. The molecule has 0 aromatic heterocycles. The van der Waals surface area contributed by atoms with Crippen molar-refractivity contribution < 1.29 is 50.7 Å². The van der Waals surface area contributed by atoms with Crippen molar-refractivity contribution in [3.05, 3.63) is 11.8 Å². The maximum Gasteiger partial charge on any atom is 4.00 e. The van der Waals surface area contributed by atoms with E-state index in [0.717, 1.165) is 0 Å². The summed E-state index contributed by atoms with van der Waals surface area (Å²) in [5.41, 5.74) is 0.917. The zero-order valence-corrected chi connectivity index (χ0v) is 19.8. The molecule has 0 unspecified atom stereocenters. The van der Waals surface area contributed by atoms with Crippen LogP contribution in [0, 0.1) is 22.7 Å². The molecule has 0 spiro atoms. The first-order valence-corrected chi connectivity index (χ1v) is 6.62. The molecule has 19 heavy (non-hydrogen) atoms. The fourth-order valence-electron chi connectivity index (χ4n) is 0.707. The number of halogens is 2. The quantitative estimate of drug-likeness (QED) is 0.399. The first-order chi connectivity index (χ1) is 7.01. The molecule has 0 atom stereocenters. The Labute approximate surface area is 154 Å². The molecule has 0 fully saturated rings. The second kappa shape index (κ2) is 14.4. The molecule has 0 nitrogen and oxygen atoms in total. The molecular weight excluding hydrogens is 442 g/mol. The van der Waals surface area contributed by atoms with E-state index in [4.69, 9.17) is 0 Å². The van der Waals surface area contributed by atoms with E-state index in [1.165, 1.54) is 24.7 Å². The van der Waals surface area contributed by atoms with Gasteiger partial charge in [0.25, 0.3) is 0 Å². The third-order valence-electron chi connectivity index (χ3n) is 4.47. The van der Waals surface area contributed by atoms with E-state index in [2.05, 4.69) is 69.2 Å². The topological polar surface area (TPSA) is 0 Å². The summed E-state index contributed by atoms with van der Waals surface area (Å²) >= 11 is 0.